The molecule has 1 N–H and O–H groups in total. The van der Waals surface area contributed by atoms with Crippen LogP contribution >= 0.6 is 11.6 Å². The maximum absolute atomic E-state index is 12.4. The first kappa shape index (κ1) is 17.6. The van der Waals surface area contributed by atoms with Gasteiger partial charge in [-0.25, -0.2) is 0 Å². The lowest BCUT2D eigenvalue weighted by Gasteiger charge is -2.16. The van der Waals surface area contributed by atoms with Crippen LogP contribution in [0.4, 0.5) is 5.69 Å². The molecule has 0 bridgehead atoms. The molecule has 2 aromatic rings. The Kier molecular flexibility index (Phi) is 5.26. The third-order valence-electron chi connectivity index (χ3n) is 3.76. The number of anilines is 1. The predicted molar refractivity (Wildman–Crippen MR) is 100 cm³/mol. The summed E-state index contributed by atoms with van der Waals surface area (Å²) < 4.78 is 10.8. The number of nitrogens with one attached hydrogen (secondary N) is 1. The highest BCUT2D eigenvalue weighted by Crippen LogP contribution is 2.30. The van der Waals surface area contributed by atoms with Crippen molar-refractivity contribution >= 4 is 29.3 Å². The molecular weight excluding hydrogens is 352 g/mol. The molecule has 0 aromatic heterocycles. The number of carbonyl (C=O) groups is 1. The van der Waals surface area contributed by atoms with Gasteiger partial charge in [-0.2, -0.15) is 5.26 Å². The molecule has 3 rings (SSSR count). The molecule has 0 radical (unpaired) electrons. The SMILES string of the molecule is COc1ccccc1NC(=O)C(C#N)=CC1=Cc2cc(Cl)ccc2OC1. The van der Waals surface area contributed by atoms with Gasteiger partial charge < -0.3 is 14.8 Å². The number of hydrogen-bond donors (Lipinski definition) is 1. The van der Waals surface area contributed by atoms with Crippen molar-refractivity contribution in [2.75, 3.05) is 19.0 Å². The van der Waals surface area contributed by atoms with E-state index < -0.39 is 5.91 Å². The Balaban J connectivity index is 1.84. The van der Waals surface area contributed by atoms with Crippen molar-refractivity contribution in [3.8, 4) is 17.6 Å². The van der Waals surface area contributed by atoms with Crippen LogP contribution in [0.15, 0.2) is 59.7 Å². The largest absolute Gasteiger partial charge is 0.495 e. The first-order chi connectivity index (χ1) is 12.6. The van der Waals surface area contributed by atoms with Crippen molar-refractivity contribution in [3.63, 3.8) is 0 Å². The average molecular weight is 367 g/mol. The third kappa shape index (κ3) is 3.88. The predicted octanol–water partition coefficient (Wildman–Crippen LogP) is 4.21. The number of benzene rings is 2. The van der Waals surface area contributed by atoms with Gasteiger partial charge >= 0.3 is 0 Å². The van der Waals surface area contributed by atoms with Crippen molar-refractivity contribution in [2.24, 2.45) is 0 Å². The summed E-state index contributed by atoms with van der Waals surface area (Å²) in [6.45, 7) is 0.266. The van der Waals surface area contributed by atoms with Crippen molar-refractivity contribution in [3.05, 3.63) is 70.3 Å². The second kappa shape index (κ2) is 7.77. The number of para-hydroxylation sites is 2. The van der Waals surface area contributed by atoms with Crippen LogP contribution in [0.1, 0.15) is 5.56 Å². The molecule has 5 nitrogen and oxygen atoms in total. The van der Waals surface area contributed by atoms with Crippen LogP contribution in [0.2, 0.25) is 5.02 Å². The smallest absolute Gasteiger partial charge is 0.266 e. The van der Waals surface area contributed by atoms with Gasteiger partial charge in [0.2, 0.25) is 0 Å². The van der Waals surface area contributed by atoms with E-state index in [0.29, 0.717) is 27.8 Å². The van der Waals surface area contributed by atoms with Gasteiger partial charge in [-0.05, 0) is 48.1 Å². The molecule has 2 aromatic carbocycles. The van der Waals surface area contributed by atoms with E-state index in [0.717, 1.165) is 5.56 Å². The molecule has 6 heteroatoms. The monoisotopic (exact) mass is 366 g/mol. The molecule has 0 aliphatic carbocycles. The third-order valence-corrected chi connectivity index (χ3v) is 3.99. The second-order valence-electron chi connectivity index (χ2n) is 5.51. The minimum atomic E-state index is -0.519. The molecule has 0 saturated heterocycles. The Morgan fingerprint density at radius 3 is 2.92 bits per heavy atom. The van der Waals surface area contributed by atoms with Crippen LogP contribution in [0.25, 0.3) is 6.08 Å². The van der Waals surface area contributed by atoms with E-state index in [2.05, 4.69) is 5.32 Å². The zero-order chi connectivity index (χ0) is 18.5. The Morgan fingerprint density at radius 2 is 2.15 bits per heavy atom. The number of carbonyl (C=O) groups excluding carboxylic acids is 1. The molecule has 1 heterocycles. The van der Waals surface area contributed by atoms with Crippen LogP contribution in [0, 0.1) is 11.3 Å². The number of halogens is 1. The lowest BCUT2D eigenvalue weighted by molar-refractivity contribution is -0.112. The molecule has 26 heavy (non-hydrogen) atoms. The summed E-state index contributed by atoms with van der Waals surface area (Å²) in [6, 6.07) is 14.2. The molecule has 0 spiro atoms. The number of ether oxygens (including phenoxy) is 2. The Labute approximate surface area is 156 Å². The molecule has 0 unspecified atom stereocenters. The highest BCUT2D eigenvalue weighted by molar-refractivity contribution is 6.30. The molecule has 0 atom stereocenters. The van der Waals surface area contributed by atoms with E-state index >= 15 is 0 Å². The van der Waals surface area contributed by atoms with Gasteiger partial charge in [0.15, 0.2) is 0 Å². The summed E-state index contributed by atoms with van der Waals surface area (Å²) >= 11 is 6.00. The van der Waals surface area contributed by atoms with E-state index in [1.54, 1.807) is 42.5 Å². The van der Waals surface area contributed by atoms with E-state index in [4.69, 9.17) is 21.1 Å². The fourth-order valence-corrected chi connectivity index (χ4v) is 2.70. The maximum Gasteiger partial charge on any atom is 0.266 e. The topological polar surface area (TPSA) is 71.3 Å². The summed E-state index contributed by atoms with van der Waals surface area (Å²) in [5.41, 5.74) is 1.97. The maximum atomic E-state index is 12.4. The summed E-state index contributed by atoms with van der Waals surface area (Å²) in [5, 5.41) is 12.6. The van der Waals surface area contributed by atoms with Crippen molar-refractivity contribution in [1.29, 1.82) is 5.26 Å². The number of nitriles is 1. The fraction of sp³-hybridized carbons (Fsp3) is 0.100. The fourth-order valence-electron chi connectivity index (χ4n) is 2.52. The quantitative estimate of drug-likeness (QED) is 0.649. The molecule has 1 amide bonds. The number of fused-ring (bicyclic) bond motifs is 1. The molecule has 130 valence electrons. The minimum Gasteiger partial charge on any atom is -0.495 e. The van der Waals surface area contributed by atoms with Crippen molar-refractivity contribution in [1.82, 2.24) is 0 Å². The van der Waals surface area contributed by atoms with E-state index in [1.807, 2.05) is 12.1 Å². The molecule has 1 aliphatic heterocycles. The Morgan fingerprint density at radius 1 is 1.35 bits per heavy atom. The normalized spacial score (nSPS) is 13.0. The summed E-state index contributed by atoms with van der Waals surface area (Å²) in [7, 11) is 1.51. The van der Waals surface area contributed by atoms with Gasteiger partial charge in [0.25, 0.3) is 5.91 Å². The molecule has 0 fully saturated rings. The van der Waals surface area contributed by atoms with Gasteiger partial charge in [0.1, 0.15) is 29.7 Å². The summed E-state index contributed by atoms with van der Waals surface area (Å²) in [5.74, 6) is 0.709. The van der Waals surface area contributed by atoms with Crippen molar-refractivity contribution < 1.29 is 14.3 Å². The standard InChI is InChI=1S/C20H15ClN2O3/c1-25-19-5-3-2-4-17(19)23-20(24)15(11-22)9-13-8-14-10-16(21)6-7-18(14)26-12-13/h2-10H,12H2,1H3,(H,23,24). The number of rotatable bonds is 4. The number of amides is 1. The van der Waals surface area contributed by atoms with Crippen LogP contribution in [-0.2, 0) is 4.79 Å². The highest BCUT2D eigenvalue weighted by Gasteiger charge is 2.15. The summed E-state index contributed by atoms with van der Waals surface area (Å²) in [6.07, 6.45) is 3.35. The van der Waals surface area contributed by atoms with Crippen LogP contribution in [0.3, 0.4) is 0 Å². The van der Waals surface area contributed by atoms with Gasteiger partial charge in [-0.15, -0.1) is 0 Å². The molecule has 1 aliphatic rings. The van der Waals surface area contributed by atoms with E-state index in [9.17, 15) is 10.1 Å². The number of nitrogens with zero attached hydrogens (tertiary/aromatic N) is 1. The first-order valence-electron chi connectivity index (χ1n) is 7.80. The number of hydrogen-bond acceptors (Lipinski definition) is 4. The van der Waals surface area contributed by atoms with Gasteiger partial charge in [0, 0.05) is 10.6 Å². The average Bonchev–Trinajstić information content (AvgIpc) is 2.66. The van der Waals surface area contributed by atoms with Crippen LogP contribution in [0.5, 0.6) is 11.5 Å². The van der Waals surface area contributed by atoms with Gasteiger partial charge in [0.05, 0.1) is 12.8 Å². The highest BCUT2D eigenvalue weighted by atomic mass is 35.5. The minimum absolute atomic E-state index is 0.0313. The van der Waals surface area contributed by atoms with E-state index in [1.165, 1.54) is 13.2 Å². The molecular formula is C20H15ClN2O3. The number of methoxy groups -OCH3 is 1. The lowest BCUT2D eigenvalue weighted by atomic mass is 10.0. The van der Waals surface area contributed by atoms with Gasteiger partial charge in [-0.1, -0.05) is 23.7 Å². The zero-order valence-electron chi connectivity index (χ0n) is 14.0. The van der Waals surface area contributed by atoms with Gasteiger partial charge in [-0.3, -0.25) is 4.79 Å². The Hall–Kier alpha value is -3.23. The first-order valence-corrected chi connectivity index (χ1v) is 8.17. The summed E-state index contributed by atoms with van der Waals surface area (Å²) in [4.78, 5) is 12.4. The van der Waals surface area contributed by atoms with E-state index in [-0.39, 0.29) is 12.2 Å². The Bertz CT molecular complexity index is 958. The molecule has 0 saturated carbocycles. The zero-order valence-corrected chi connectivity index (χ0v) is 14.7. The van der Waals surface area contributed by atoms with Crippen molar-refractivity contribution in [2.45, 2.75) is 0 Å². The second-order valence-corrected chi connectivity index (χ2v) is 5.95. The van der Waals surface area contributed by atoms with Crippen LogP contribution < -0.4 is 14.8 Å². The lowest BCUT2D eigenvalue weighted by Crippen LogP contribution is -2.15. The van der Waals surface area contributed by atoms with Crippen LogP contribution in [-0.4, -0.2) is 19.6 Å².